The van der Waals surface area contributed by atoms with Gasteiger partial charge in [-0.15, -0.1) is 6.58 Å². The van der Waals surface area contributed by atoms with Crippen LogP contribution in [0, 0.1) is 0 Å². The topological polar surface area (TPSA) is 104 Å². The third kappa shape index (κ3) is 4.35. The first-order valence-corrected chi connectivity index (χ1v) is 10.1. The number of nitrogens with zero attached hydrogens (tertiary/aromatic N) is 5. The van der Waals surface area contributed by atoms with E-state index in [0.717, 1.165) is 5.69 Å². The van der Waals surface area contributed by atoms with E-state index in [4.69, 9.17) is 4.74 Å². The van der Waals surface area contributed by atoms with Crippen molar-refractivity contribution >= 4 is 29.6 Å². The van der Waals surface area contributed by atoms with Crippen molar-refractivity contribution in [2.75, 3.05) is 37.1 Å². The van der Waals surface area contributed by atoms with E-state index in [-0.39, 0.29) is 18.8 Å². The van der Waals surface area contributed by atoms with Crippen molar-refractivity contribution in [3.63, 3.8) is 0 Å². The molecule has 9 nitrogen and oxygen atoms in total. The zero-order valence-electron chi connectivity index (χ0n) is 17.7. The highest BCUT2D eigenvalue weighted by atomic mass is 16.5. The lowest BCUT2D eigenvalue weighted by atomic mass is 9.97. The zero-order chi connectivity index (χ0) is 22.6. The number of likely N-dealkylation sites (N-methyl/N-ethyl adjacent to an activating group) is 1. The number of benzene rings is 1. The minimum Gasteiger partial charge on any atom is -0.379 e. The highest BCUT2D eigenvalue weighted by molar-refractivity contribution is 5.84. The molecule has 2 aromatic heterocycles. The summed E-state index contributed by atoms with van der Waals surface area (Å²) in [6.07, 6.45) is 3.90. The number of carbonyl (C=O) groups excluding carboxylic acids is 1. The van der Waals surface area contributed by atoms with Gasteiger partial charge in [0.15, 0.2) is 17.7 Å². The van der Waals surface area contributed by atoms with Crippen molar-refractivity contribution in [2.24, 2.45) is 0 Å². The molecule has 2 N–H and O–H groups in total. The number of hydrazine groups is 1. The van der Waals surface area contributed by atoms with Crippen LogP contribution in [-0.4, -0.2) is 58.2 Å². The maximum absolute atomic E-state index is 11.9. The Kier molecular flexibility index (Phi) is 6.22. The Labute approximate surface area is 186 Å². The number of carbonyl (C=O) groups is 1. The summed E-state index contributed by atoms with van der Waals surface area (Å²) in [6, 6.07) is 14.8. The lowest BCUT2D eigenvalue weighted by Gasteiger charge is -2.37. The second-order valence-electron chi connectivity index (χ2n) is 7.43. The molecule has 3 aromatic rings. The van der Waals surface area contributed by atoms with Crippen molar-refractivity contribution in [3.8, 4) is 0 Å². The van der Waals surface area contributed by atoms with E-state index in [1.165, 1.54) is 6.20 Å². The van der Waals surface area contributed by atoms with Gasteiger partial charge in [0.25, 0.3) is 0 Å². The highest BCUT2D eigenvalue weighted by Gasteiger charge is 2.40. The lowest BCUT2D eigenvalue weighted by Crippen LogP contribution is -2.47. The molecule has 0 saturated carbocycles. The number of pyridine rings is 1. The Hall–Kier alpha value is -3.66. The van der Waals surface area contributed by atoms with E-state index in [9.17, 15) is 9.90 Å². The van der Waals surface area contributed by atoms with Crippen LogP contribution >= 0.6 is 0 Å². The molecule has 9 heteroatoms. The number of hydrogen-bond acceptors (Lipinski definition) is 9. The molecule has 1 fully saturated rings. The van der Waals surface area contributed by atoms with Gasteiger partial charge in [-0.25, -0.2) is 20.0 Å². The third-order valence-corrected chi connectivity index (χ3v) is 5.00. The normalized spacial score (nSPS) is 14.5. The maximum atomic E-state index is 11.9. The number of aldehydes is 1. The van der Waals surface area contributed by atoms with Crippen LogP contribution in [0.5, 0.6) is 0 Å². The third-order valence-electron chi connectivity index (χ3n) is 5.00. The number of para-hydroxylation sites is 1. The second-order valence-corrected chi connectivity index (χ2v) is 7.43. The fraction of sp³-hybridized carbons (Fsp3) is 0.217. The molecule has 0 atom stereocenters. The van der Waals surface area contributed by atoms with Crippen molar-refractivity contribution in [1.29, 1.82) is 0 Å². The minimum atomic E-state index is -1.13. The summed E-state index contributed by atoms with van der Waals surface area (Å²) in [5.74, 6) is 1.16. The first-order chi connectivity index (χ1) is 15.5. The summed E-state index contributed by atoms with van der Waals surface area (Å²) in [4.78, 5) is 25.4. The van der Waals surface area contributed by atoms with Crippen LogP contribution in [0.4, 0.5) is 23.3 Å². The number of aliphatic hydroxyl groups is 1. The van der Waals surface area contributed by atoms with E-state index in [1.807, 2.05) is 42.4 Å². The number of anilines is 4. The van der Waals surface area contributed by atoms with Gasteiger partial charge < -0.3 is 15.2 Å². The summed E-state index contributed by atoms with van der Waals surface area (Å²) >= 11 is 0. The van der Waals surface area contributed by atoms with Crippen LogP contribution in [-0.2, 0) is 10.3 Å². The zero-order valence-corrected chi connectivity index (χ0v) is 17.7. The van der Waals surface area contributed by atoms with E-state index >= 15 is 0 Å². The number of rotatable bonds is 9. The van der Waals surface area contributed by atoms with E-state index in [1.54, 1.807) is 29.3 Å². The molecular weight excluding hydrogens is 408 g/mol. The predicted octanol–water partition coefficient (Wildman–Crippen LogP) is 2.82. The Morgan fingerprint density at radius 3 is 2.62 bits per heavy atom. The van der Waals surface area contributed by atoms with Gasteiger partial charge >= 0.3 is 0 Å². The van der Waals surface area contributed by atoms with Gasteiger partial charge in [0.1, 0.15) is 5.82 Å². The molecule has 0 radical (unpaired) electrons. The van der Waals surface area contributed by atoms with Gasteiger partial charge in [0.05, 0.1) is 24.5 Å². The largest absolute Gasteiger partial charge is 0.379 e. The Morgan fingerprint density at radius 2 is 1.97 bits per heavy atom. The number of ether oxygens (including phenoxy) is 1. The SMILES string of the molecule is C=CCN(C)N(c1cccc(C2(O)COC2)n1)c1nc(Nc2ccccc2)ncc1C=O. The molecule has 4 rings (SSSR count). The van der Waals surface area contributed by atoms with E-state index in [2.05, 4.69) is 26.8 Å². The van der Waals surface area contributed by atoms with E-state index < -0.39 is 5.60 Å². The summed E-state index contributed by atoms with van der Waals surface area (Å²) in [5, 5.41) is 17.4. The smallest absolute Gasteiger partial charge is 0.229 e. The van der Waals surface area contributed by atoms with Gasteiger partial charge in [-0.05, 0) is 24.3 Å². The van der Waals surface area contributed by atoms with E-state index in [0.29, 0.717) is 36.1 Å². The number of hydrogen-bond donors (Lipinski definition) is 2. The molecule has 0 spiro atoms. The molecule has 1 saturated heterocycles. The molecule has 1 aliphatic rings. The summed E-state index contributed by atoms with van der Waals surface area (Å²) in [7, 11) is 1.83. The first-order valence-electron chi connectivity index (χ1n) is 10.1. The molecule has 1 aliphatic heterocycles. The van der Waals surface area contributed by atoms with Gasteiger partial charge in [-0.2, -0.15) is 4.98 Å². The summed E-state index contributed by atoms with van der Waals surface area (Å²) in [6.45, 7) is 4.64. The molecular formula is C23H24N6O3. The van der Waals surface area contributed by atoms with Crippen LogP contribution < -0.4 is 10.3 Å². The average molecular weight is 432 g/mol. The van der Waals surface area contributed by atoms with Crippen molar-refractivity contribution in [1.82, 2.24) is 20.0 Å². The Bertz CT molecular complexity index is 1100. The molecule has 0 bridgehead atoms. The van der Waals surface area contributed by atoms with Crippen LogP contribution in [0.2, 0.25) is 0 Å². The van der Waals surface area contributed by atoms with Crippen LogP contribution in [0.1, 0.15) is 16.1 Å². The fourth-order valence-electron chi connectivity index (χ4n) is 3.30. The predicted molar refractivity (Wildman–Crippen MR) is 121 cm³/mol. The molecule has 164 valence electrons. The maximum Gasteiger partial charge on any atom is 0.229 e. The molecule has 0 amide bonds. The molecule has 3 heterocycles. The summed E-state index contributed by atoms with van der Waals surface area (Å²) < 4.78 is 5.17. The second kappa shape index (κ2) is 9.23. The van der Waals surface area contributed by atoms with Crippen molar-refractivity contribution in [2.45, 2.75) is 5.60 Å². The minimum absolute atomic E-state index is 0.185. The van der Waals surface area contributed by atoms with Crippen LogP contribution in [0.25, 0.3) is 0 Å². The molecule has 1 aromatic carbocycles. The standard InChI is InChI=1S/C23H24N6O3/c1-3-12-28(2)29(20-11-7-10-19(26-20)23(31)15-32-16-23)21-17(14-30)13-24-22(27-21)25-18-8-5-4-6-9-18/h3-11,13-14,31H,1,12,15-16H2,2H3,(H,24,25,27). The molecule has 0 aliphatic carbocycles. The molecule has 0 unspecified atom stereocenters. The number of aromatic nitrogens is 3. The van der Waals surface area contributed by atoms with Gasteiger partial charge in [-0.1, -0.05) is 30.3 Å². The lowest BCUT2D eigenvalue weighted by molar-refractivity contribution is -0.186. The van der Waals surface area contributed by atoms with Crippen LogP contribution in [0.3, 0.4) is 0 Å². The summed E-state index contributed by atoms with van der Waals surface area (Å²) in [5.41, 5.74) is 0.466. The van der Waals surface area contributed by atoms with Crippen molar-refractivity contribution in [3.05, 3.63) is 78.6 Å². The van der Waals surface area contributed by atoms with Gasteiger partial charge in [-0.3, -0.25) is 4.79 Å². The molecule has 32 heavy (non-hydrogen) atoms. The monoisotopic (exact) mass is 432 g/mol. The fourth-order valence-corrected chi connectivity index (χ4v) is 3.30. The van der Waals surface area contributed by atoms with Gasteiger partial charge in [0, 0.05) is 25.5 Å². The first kappa shape index (κ1) is 21.6. The van der Waals surface area contributed by atoms with Crippen molar-refractivity contribution < 1.29 is 14.6 Å². The van der Waals surface area contributed by atoms with Gasteiger partial charge in [0.2, 0.25) is 5.95 Å². The highest BCUT2D eigenvalue weighted by Crippen LogP contribution is 2.32. The number of nitrogens with one attached hydrogen (secondary N) is 1. The average Bonchev–Trinajstić information content (AvgIpc) is 2.79. The van der Waals surface area contributed by atoms with Crippen LogP contribution in [0.15, 0.2) is 67.4 Å². The Balaban J connectivity index is 1.78. The Morgan fingerprint density at radius 1 is 1.19 bits per heavy atom. The quantitative estimate of drug-likeness (QED) is 0.300.